The summed E-state index contributed by atoms with van der Waals surface area (Å²) >= 11 is 0. The molecule has 5 heteroatoms. The van der Waals surface area contributed by atoms with E-state index in [2.05, 4.69) is 124 Å². The summed E-state index contributed by atoms with van der Waals surface area (Å²) in [5.74, 6) is 0. The van der Waals surface area contributed by atoms with Gasteiger partial charge in [0.15, 0.2) is 0 Å². The summed E-state index contributed by atoms with van der Waals surface area (Å²) in [7, 11) is 0. The maximum atomic E-state index is 9.88. The van der Waals surface area contributed by atoms with Crippen LogP contribution < -0.4 is 0 Å². The van der Waals surface area contributed by atoms with Crippen molar-refractivity contribution in [2.24, 2.45) is 0 Å². The Kier molecular flexibility index (Phi) is 6.56. The van der Waals surface area contributed by atoms with Crippen LogP contribution in [0.4, 0.5) is 0 Å². The maximum Gasteiger partial charge on any atom is 0.0992 e. The van der Waals surface area contributed by atoms with Crippen LogP contribution in [0.25, 0.3) is 77.2 Å². The van der Waals surface area contributed by atoms with Crippen LogP contribution in [-0.2, 0) is 0 Å². The van der Waals surface area contributed by atoms with Gasteiger partial charge in [-0.3, -0.25) is 0 Å². The quantitative estimate of drug-likeness (QED) is 0.193. The van der Waals surface area contributed by atoms with E-state index in [1.807, 2.05) is 48.5 Å². The lowest BCUT2D eigenvalue weighted by Gasteiger charge is -2.15. The number of hydrogen-bond acceptors (Lipinski definition) is 3. The Balaban J connectivity index is 1.14. The van der Waals surface area contributed by atoms with E-state index in [1.165, 1.54) is 21.8 Å². The molecule has 5 nitrogen and oxygen atoms in total. The van der Waals surface area contributed by atoms with Crippen molar-refractivity contribution in [2.45, 2.75) is 0 Å². The molecule has 0 radical (unpaired) electrons. The molecule has 0 aliphatic heterocycles. The van der Waals surface area contributed by atoms with Crippen LogP contribution in [-0.4, -0.2) is 9.13 Å². The van der Waals surface area contributed by atoms with Crippen molar-refractivity contribution in [1.29, 1.82) is 15.8 Å². The monoisotopic (exact) mass is 635 g/mol. The largest absolute Gasteiger partial charge is 0.309 e. The predicted molar refractivity (Wildman–Crippen MR) is 200 cm³/mol. The van der Waals surface area contributed by atoms with E-state index in [0.717, 1.165) is 55.4 Å². The van der Waals surface area contributed by atoms with Gasteiger partial charge in [0.25, 0.3) is 0 Å². The van der Waals surface area contributed by atoms with Crippen molar-refractivity contribution in [3.8, 4) is 51.8 Å². The summed E-state index contributed by atoms with van der Waals surface area (Å²) in [6, 6.07) is 58.0. The van der Waals surface area contributed by atoms with Gasteiger partial charge in [-0.15, -0.1) is 0 Å². The first-order valence-electron chi connectivity index (χ1n) is 16.3. The van der Waals surface area contributed by atoms with Gasteiger partial charge < -0.3 is 9.13 Å². The number of nitrogens with zero attached hydrogens (tertiary/aromatic N) is 5. The lowest BCUT2D eigenvalue weighted by Crippen LogP contribution is -1.98. The zero-order valence-corrected chi connectivity index (χ0v) is 26.7. The van der Waals surface area contributed by atoms with Crippen molar-refractivity contribution in [2.75, 3.05) is 0 Å². The molecule has 7 aromatic carbocycles. The molecule has 0 amide bonds. The minimum atomic E-state index is 0.547. The number of nitriles is 3. The van der Waals surface area contributed by atoms with Gasteiger partial charge in [-0.2, -0.15) is 15.8 Å². The first-order chi connectivity index (χ1) is 24.6. The highest BCUT2D eigenvalue weighted by Crippen LogP contribution is 2.38. The molecule has 0 N–H and O–H groups in total. The third-order valence-electron chi connectivity index (χ3n) is 9.63. The second kappa shape index (κ2) is 11.4. The number of rotatable bonds is 4. The molecule has 0 saturated heterocycles. The van der Waals surface area contributed by atoms with E-state index >= 15 is 0 Å². The molecule has 0 spiro atoms. The van der Waals surface area contributed by atoms with Crippen LogP contribution in [0.3, 0.4) is 0 Å². The van der Waals surface area contributed by atoms with E-state index in [9.17, 15) is 15.8 Å². The van der Waals surface area contributed by atoms with Crippen molar-refractivity contribution >= 4 is 43.6 Å². The van der Waals surface area contributed by atoms with E-state index in [-0.39, 0.29) is 0 Å². The van der Waals surface area contributed by atoms with E-state index in [0.29, 0.717) is 16.7 Å². The van der Waals surface area contributed by atoms with Gasteiger partial charge in [-0.1, -0.05) is 78.9 Å². The van der Waals surface area contributed by atoms with Gasteiger partial charge in [0.1, 0.15) is 0 Å². The lowest BCUT2D eigenvalue weighted by atomic mass is 9.97. The van der Waals surface area contributed by atoms with Crippen LogP contribution in [0.1, 0.15) is 16.7 Å². The molecule has 0 bridgehead atoms. The number of para-hydroxylation sites is 2. The molecule has 9 rings (SSSR count). The zero-order valence-electron chi connectivity index (χ0n) is 26.7. The second-order valence-electron chi connectivity index (χ2n) is 12.4. The second-order valence-corrected chi connectivity index (χ2v) is 12.4. The van der Waals surface area contributed by atoms with Crippen LogP contribution in [0.2, 0.25) is 0 Å². The zero-order chi connectivity index (χ0) is 33.8. The molecule has 0 unspecified atom stereocenters. The Hall–Kier alpha value is -7.39. The van der Waals surface area contributed by atoms with Gasteiger partial charge >= 0.3 is 0 Å². The smallest absolute Gasteiger partial charge is 0.0992 e. The first kappa shape index (κ1) is 28.8. The molecule has 0 fully saturated rings. The predicted octanol–water partition coefficient (Wildman–Crippen LogP) is 10.8. The fourth-order valence-electron chi connectivity index (χ4n) is 7.30. The highest BCUT2D eigenvalue weighted by atomic mass is 15.0. The topological polar surface area (TPSA) is 81.2 Å². The molecule has 2 aromatic heterocycles. The number of aromatic nitrogens is 2. The Labute approximate surface area is 287 Å². The number of hydrogen-bond donors (Lipinski definition) is 0. The Bertz CT molecular complexity index is 2890. The summed E-state index contributed by atoms with van der Waals surface area (Å²) in [5, 5.41) is 33.6. The molecule has 0 saturated carbocycles. The lowest BCUT2D eigenvalue weighted by molar-refractivity contribution is 1.18. The van der Waals surface area contributed by atoms with Gasteiger partial charge in [0.2, 0.25) is 0 Å². The summed E-state index contributed by atoms with van der Waals surface area (Å²) in [4.78, 5) is 0. The van der Waals surface area contributed by atoms with E-state index in [4.69, 9.17) is 0 Å². The Morgan fingerprint density at radius 3 is 1.52 bits per heavy atom. The molecule has 2 heterocycles. The fraction of sp³-hybridized carbons (Fsp3) is 0. The van der Waals surface area contributed by atoms with Crippen LogP contribution in [0.5, 0.6) is 0 Å². The van der Waals surface area contributed by atoms with Gasteiger partial charge in [-0.05, 0) is 89.5 Å². The molecule has 230 valence electrons. The normalized spacial score (nSPS) is 11.1. The molecule has 0 atom stereocenters. The minimum absolute atomic E-state index is 0.547. The van der Waals surface area contributed by atoms with Gasteiger partial charge in [0.05, 0.1) is 62.7 Å². The minimum Gasteiger partial charge on any atom is -0.309 e. The first-order valence-corrected chi connectivity index (χ1v) is 16.3. The Morgan fingerprint density at radius 2 is 0.860 bits per heavy atom. The maximum absolute atomic E-state index is 9.88. The Morgan fingerprint density at radius 1 is 0.360 bits per heavy atom. The summed E-state index contributed by atoms with van der Waals surface area (Å²) < 4.78 is 4.45. The highest BCUT2D eigenvalue weighted by Gasteiger charge is 2.18. The van der Waals surface area contributed by atoms with E-state index in [1.54, 1.807) is 6.07 Å². The SMILES string of the molecule is N#Cc1ccc(-n2c3ccc(C#N)cc3c3ccc(C#N)cc32)c(-c2ccc(-c3ccc(-n4c5ccccc5c5ccccc54)cc3)cc2)c1. The van der Waals surface area contributed by atoms with E-state index < -0.39 is 0 Å². The third-order valence-corrected chi connectivity index (χ3v) is 9.63. The summed E-state index contributed by atoms with van der Waals surface area (Å²) in [6.45, 7) is 0. The highest BCUT2D eigenvalue weighted by molar-refractivity contribution is 6.11. The average molecular weight is 636 g/mol. The fourth-order valence-corrected chi connectivity index (χ4v) is 7.30. The van der Waals surface area contributed by atoms with Crippen molar-refractivity contribution in [3.05, 3.63) is 168 Å². The van der Waals surface area contributed by atoms with Gasteiger partial charge in [-0.25, -0.2) is 0 Å². The molecule has 9 aromatic rings. The van der Waals surface area contributed by atoms with Crippen LogP contribution in [0, 0.1) is 34.0 Å². The molecule has 50 heavy (non-hydrogen) atoms. The van der Waals surface area contributed by atoms with Crippen molar-refractivity contribution in [1.82, 2.24) is 9.13 Å². The van der Waals surface area contributed by atoms with Gasteiger partial charge in [0, 0.05) is 32.8 Å². The third kappa shape index (κ3) is 4.45. The summed E-state index contributed by atoms with van der Waals surface area (Å²) in [6.07, 6.45) is 0. The summed E-state index contributed by atoms with van der Waals surface area (Å²) in [5.41, 5.74) is 11.8. The standard InChI is InChI=1S/C45H25N5/c46-26-29-10-21-43(50-44-22-11-30(27-47)24-40(44)38-20-9-31(28-48)25-45(38)50)39(23-29)34-14-12-32(13-15-34)33-16-18-35(19-17-33)49-41-7-3-1-5-36(41)37-6-2-4-8-42(37)49/h1-25H. The van der Waals surface area contributed by atoms with Crippen LogP contribution >= 0.6 is 0 Å². The van der Waals surface area contributed by atoms with Crippen molar-refractivity contribution < 1.29 is 0 Å². The number of benzene rings is 7. The molecule has 0 aliphatic rings. The number of fused-ring (bicyclic) bond motifs is 6. The molecular weight excluding hydrogens is 611 g/mol. The van der Waals surface area contributed by atoms with Crippen LogP contribution in [0.15, 0.2) is 152 Å². The average Bonchev–Trinajstić information content (AvgIpc) is 3.69. The molecule has 0 aliphatic carbocycles. The molecular formula is C45H25N5. The van der Waals surface area contributed by atoms with Crippen molar-refractivity contribution in [3.63, 3.8) is 0 Å².